The summed E-state index contributed by atoms with van der Waals surface area (Å²) in [6.07, 6.45) is 6.53. The highest BCUT2D eigenvalue weighted by Gasteiger charge is 2.42. The zero-order chi connectivity index (χ0) is 29.3. The molecular formula is C34H36ClF2N3O2. The maximum atomic E-state index is 14.3. The fourth-order valence-corrected chi connectivity index (χ4v) is 7.23. The second-order valence-electron chi connectivity index (χ2n) is 12.1. The Bertz CT molecular complexity index is 1470. The fourth-order valence-electron chi connectivity index (χ4n) is 6.98. The number of amides is 2. The number of hydrogen-bond donors (Lipinski definition) is 1. The van der Waals surface area contributed by atoms with Crippen LogP contribution in [0.4, 0.5) is 8.78 Å². The van der Waals surface area contributed by atoms with E-state index in [0.717, 1.165) is 87.9 Å². The van der Waals surface area contributed by atoms with Gasteiger partial charge in [-0.25, -0.2) is 8.78 Å². The molecule has 3 aromatic carbocycles. The fraction of sp³-hybridized carbons (Fsp3) is 0.412. The Kier molecular flexibility index (Phi) is 8.33. The molecule has 0 aromatic heterocycles. The molecule has 42 heavy (non-hydrogen) atoms. The van der Waals surface area contributed by atoms with Crippen molar-refractivity contribution in [1.82, 2.24) is 15.1 Å². The van der Waals surface area contributed by atoms with Crippen molar-refractivity contribution in [2.75, 3.05) is 32.7 Å². The van der Waals surface area contributed by atoms with Crippen LogP contribution in [-0.2, 0) is 12.8 Å². The smallest absolute Gasteiger partial charge is 0.256 e. The number of halogens is 3. The Morgan fingerprint density at radius 2 is 1.76 bits per heavy atom. The summed E-state index contributed by atoms with van der Waals surface area (Å²) in [7, 11) is 0. The first-order valence-electron chi connectivity index (χ1n) is 14.9. The van der Waals surface area contributed by atoms with Crippen LogP contribution in [0.2, 0.25) is 5.02 Å². The maximum Gasteiger partial charge on any atom is 0.256 e. The van der Waals surface area contributed by atoms with E-state index < -0.39 is 11.7 Å². The summed E-state index contributed by atoms with van der Waals surface area (Å²) < 4.78 is 27.8. The number of carbonyl (C=O) groups excluding carboxylic acids is 2. The van der Waals surface area contributed by atoms with E-state index in [4.69, 9.17) is 11.6 Å². The molecule has 0 bridgehead atoms. The largest absolute Gasteiger partial charge is 0.345 e. The number of piperidine rings is 1. The molecule has 1 N–H and O–H groups in total. The SMILES string of the molecule is O=C(NC1CCc2ccc(C(=O)N3CCC4(CCN(CCCc5cccc(F)c5)CC4)C3)cc21)c1c(F)cccc1Cl. The van der Waals surface area contributed by atoms with Gasteiger partial charge in [0.2, 0.25) is 0 Å². The molecule has 0 saturated carbocycles. The van der Waals surface area contributed by atoms with Crippen molar-refractivity contribution >= 4 is 23.4 Å². The lowest BCUT2D eigenvalue weighted by atomic mass is 9.77. The molecule has 6 rings (SSSR count). The van der Waals surface area contributed by atoms with Crippen molar-refractivity contribution in [2.24, 2.45) is 5.41 Å². The molecule has 0 radical (unpaired) electrons. The first-order chi connectivity index (χ1) is 20.3. The van der Waals surface area contributed by atoms with Crippen molar-refractivity contribution < 1.29 is 18.4 Å². The second kappa shape index (κ2) is 12.1. The van der Waals surface area contributed by atoms with Crippen LogP contribution >= 0.6 is 11.6 Å². The summed E-state index contributed by atoms with van der Waals surface area (Å²) in [5, 5.41) is 3.01. The molecule has 8 heteroatoms. The summed E-state index contributed by atoms with van der Waals surface area (Å²) in [4.78, 5) is 31.0. The van der Waals surface area contributed by atoms with Gasteiger partial charge in [0, 0.05) is 18.7 Å². The molecule has 2 aliphatic heterocycles. The van der Waals surface area contributed by atoms with Crippen LogP contribution in [0.15, 0.2) is 60.7 Å². The molecule has 220 valence electrons. The van der Waals surface area contributed by atoms with E-state index in [9.17, 15) is 18.4 Å². The van der Waals surface area contributed by atoms with Gasteiger partial charge in [0.1, 0.15) is 11.6 Å². The van der Waals surface area contributed by atoms with E-state index in [1.807, 2.05) is 29.2 Å². The van der Waals surface area contributed by atoms with Gasteiger partial charge >= 0.3 is 0 Å². The molecule has 1 aliphatic carbocycles. The molecule has 1 spiro atoms. The van der Waals surface area contributed by atoms with E-state index in [1.165, 1.54) is 24.3 Å². The Labute approximate surface area is 250 Å². The van der Waals surface area contributed by atoms with Gasteiger partial charge in [-0.3, -0.25) is 9.59 Å². The maximum absolute atomic E-state index is 14.3. The number of benzene rings is 3. The lowest BCUT2D eigenvalue weighted by Crippen LogP contribution is -2.42. The van der Waals surface area contributed by atoms with Crippen LogP contribution in [0.3, 0.4) is 0 Å². The zero-order valence-corrected chi connectivity index (χ0v) is 24.4. The number of nitrogens with zero attached hydrogens (tertiary/aromatic N) is 2. The minimum absolute atomic E-state index is 0.0290. The molecule has 1 atom stereocenters. The van der Waals surface area contributed by atoms with Crippen molar-refractivity contribution in [3.8, 4) is 0 Å². The van der Waals surface area contributed by atoms with Gasteiger partial charge in [-0.05, 0) is 123 Å². The molecule has 2 fully saturated rings. The first-order valence-corrected chi connectivity index (χ1v) is 15.3. The van der Waals surface area contributed by atoms with Crippen LogP contribution in [0, 0.1) is 17.0 Å². The van der Waals surface area contributed by atoms with Crippen molar-refractivity contribution in [3.05, 3.63) is 105 Å². The van der Waals surface area contributed by atoms with Crippen molar-refractivity contribution in [3.63, 3.8) is 0 Å². The van der Waals surface area contributed by atoms with Crippen LogP contribution in [0.1, 0.15) is 75.6 Å². The van der Waals surface area contributed by atoms with Gasteiger partial charge in [-0.2, -0.15) is 0 Å². The zero-order valence-electron chi connectivity index (χ0n) is 23.7. The van der Waals surface area contributed by atoms with Crippen molar-refractivity contribution in [2.45, 2.75) is 51.0 Å². The predicted octanol–water partition coefficient (Wildman–Crippen LogP) is 6.60. The molecule has 3 aromatic rings. The topological polar surface area (TPSA) is 52.7 Å². The average Bonchev–Trinajstić information content (AvgIpc) is 3.58. The molecule has 2 amide bonds. The van der Waals surface area contributed by atoms with E-state index in [1.54, 1.807) is 12.1 Å². The summed E-state index contributed by atoms with van der Waals surface area (Å²) in [5.41, 5.74) is 3.70. The summed E-state index contributed by atoms with van der Waals surface area (Å²) >= 11 is 6.10. The standard InChI is InChI=1S/C34H36ClF2N3O2/c35-28-7-2-8-29(37)31(28)32(41)38-30-12-11-24-9-10-25(21-27(24)30)33(42)40-19-15-34(22-40)13-17-39(18-14-34)16-3-5-23-4-1-6-26(36)20-23/h1-2,4,6-10,20-21,30H,3,5,11-19,22H2,(H,38,41). The van der Waals surface area contributed by atoms with E-state index in [2.05, 4.69) is 10.2 Å². The number of carbonyl (C=O) groups is 2. The van der Waals surface area contributed by atoms with E-state index in [-0.39, 0.29) is 33.8 Å². The predicted molar refractivity (Wildman–Crippen MR) is 160 cm³/mol. The lowest BCUT2D eigenvalue weighted by Gasteiger charge is -2.39. The molecule has 2 heterocycles. The quantitative estimate of drug-likeness (QED) is 0.337. The van der Waals surface area contributed by atoms with Gasteiger partial charge in [0.15, 0.2) is 0 Å². The first kappa shape index (κ1) is 28.8. The van der Waals surface area contributed by atoms with Crippen LogP contribution in [0.5, 0.6) is 0 Å². The van der Waals surface area contributed by atoms with Crippen molar-refractivity contribution in [1.29, 1.82) is 0 Å². The summed E-state index contributed by atoms with van der Waals surface area (Å²) in [6, 6.07) is 16.5. The number of nitrogens with one attached hydrogen (secondary N) is 1. The normalized spacial score (nSPS) is 19.7. The highest BCUT2D eigenvalue weighted by molar-refractivity contribution is 6.33. The number of fused-ring (bicyclic) bond motifs is 1. The highest BCUT2D eigenvalue weighted by Crippen LogP contribution is 2.41. The Morgan fingerprint density at radius 1 is 0.976 bits per heavy atom. The Morgan fingerprint density at radius 3 is 2.55 bits per heavy atom. The third kappa shape index (κ3) is 6.09. The number of rotatable bonds is 7. The molecular weight excluding hydrogens is 556 g/mol. The van der Waals surface area contributed by atoms with Gasteiger partial charge in [0.25, 0.3) is 11.8 Å². The van der Waals surface area contributed by atoms with Crippen LogP contribution in [0.25, 0.3) is 0 Å². The lowest BCUT2D eigenvalue weighted by molar-refractivity contribution is 0.0719. The van der Waals surface area contributed by atoms with Gasteiger partial charge < -0.3 is 15.1 Å². The number of likely N-dealkylation sites (tertiary alicyclic amines) is 2. The minimum Gasteiger partial charge on any atom is -0.345 e. The highest BCUT2D eigenvalue weighted by atomic mass is 35.5. The Balaban J connectivity index is 1.04. The molecule has 3 aliphatic rings. The number of hydrogen-bond acceptors (Lipinski definition) is 3. The number of aryl methyl sites for hydroxylation is 2. The monoisotopic (exact) mass is 591 g/mol. The minimum atomic E-state index is -0.653. The van der Waals surface area contributed by atoms with E-state index in [0.29, 0.717) is 12.0 Å². The summed E-state index contributed by atoms with van der Waals surface area (Å²) in [5.74, 6) is -1.35. The third-order valence-electron chi connectivity index (χ3n) is 9.44. The average molecular weight is 592 g/mol. The van der Waals surface area contributed by atoms with Gasteiger partial charge in [-0.1, -0.05) is 35.9 Å². The van der Waals surface area contributed by atoms with Crippen LogP contribution in [-0.4, -0.2) is 54.3 Å². The second-order valence-corrected chi connectivity index (χ2v) is 12.5. The van der Waals surface area contributed by atoms with E-state index >= 15 is 0 Å². The molecule has 5 nitrogen and oxygen atoms in total. The molecule has 2 saturated heterocycles. The van der Waals surface area contributed by atoms with Gasteiger partial charge in [-0.15, -0.1) is 0 Å². The van der Waals surface area contributed by atoms with Crippen LogP contribution < -0.4 is 5.32 Å². The Hall–Kier alpha value is -3.29. The molecule has 1 unspecified atom stereocenters. The third-order valence-corrected chi connectivity index (χ3v) is 9.75. The van der Waals surface area contributed by atoms with Gasteiger partial charge in [0.05, 0.1) is 16.6 Å². The summed E-state index contributed by atoms with van der Waals surface area (Å²) in [6.45, 7) is 4.58.